The minimum Gasteiger partial charge on any atom is -0.494 e. The molecule has 5 nitrogen and oxygen atoms in total. The number of para-hydroxylation sites is 1. The Balaban J connectivity index is 1.85. The van der Waals surface area contributed by atoms with Gasteiger partial charge in [0.2, 0.25) is 0 Å². The van der Waals surface area contributed by atoms with Gasteiger partial charge in [-0.15, -0.1) is 0 Å². The summed E-state index contributed by atoms with van der Waals surface area (Å²) >= 11 is 0. The summed E-state index contributed by atoms with van der Waals surface area (Å²) in [5.41, 5.74) is 0. The second kappa shape index (κ2) is 7.82. The second-order valence-electron chi connectivity index (χ2n) is 4.34. The molecule has 0 bridgehead atoms. The Morgan fingerprint density at radius 3 is 2.09 bits per heavy atom. The molecule has 0 saturated heterocycles. The molecule has 6 heteroatoms. The van der Waals surface area contributed by atoms with Crippen LogP contribution < -0.4 is 9.47 Å². The van der Waals surface area contributed by atoms with E-state index in [4.69, 9.17) is 13.7 Å². The molecule has 2 aromatic carbocycles. The third kappa shape index (κ3) is 4.75. The Bertz CT molecular complexity index is 665. The van der Waals surface area contributed by atoms with Crippen LogP contribution in [0, 0.1) is 0 Å². The molecule has 0 atom stereocenters. The fourth-order valence-corrected chi connectivity index (χ4v) is 2.65. The van der Waals surface area contributed by atoms with E-state index in [9.17, 15) is 8.42 Å². The predicted molar refractivity (Wildman–Crippen MR) is 82.7 cm³/mol. The van der Waals surface area contributed by atoms with Gasteiger partial charge in [0, 0.05) is 0 Å². The van der Waals surface area contributed by atoms with Crippen LogP contribution in [0.25, 0.3) is 0 Å². The number of hydrogen-bond donors (Lipinski definition) is 0. The van der Waals surface area contributed by atoms with Gasteiger partial charge in [0.15, 0.2) is 0 Å². The van der Waals surface area contributed by atoms with Crippen molar-refractivity contribution in [3.63, 3.8) is 0 Å². The average molecular weight is 322 g/mol. The van der Waals surface area contributed by atoms with Crippen LogP contribution in [0.3, 0.4) is 0 Å². The molecule has 0 radical (unpaired) electrons. The van der Waals surface area contributed by atoms with Gasteiger partial charge in [-0.25, -0.2) is 0 Å². The van der Waals surface area contributed by atoms with Crippen molar-refractivity contribution < 1.29 is 22.1 Å². The number of benzene rings is 2. The molecular weight excluding hydrogens is 304 g/mol. The number of rotatable bonds is 8. The van der Waals surface area contributed by atoms with E-state index in [2.05, 4.69) is 0 Å². The lowest BCUT2D eigenvalue weighted by atomic mass is 10.3. The first-order chi connectivity index (χ1) is 10.6. The van der Waals surface area contributed by atoms with E-state index in [-0.39, 0.29) is 18.1 Å². The summed E-state index contributed by atoms with van der Waals surface area (Å²) in [4.78, 5) is 0.0932. The Hall–Kier alpha value is -2.05. The van der Waals surface area contributed by atoms with Crippen LogP contribution in [0.4, 0.5) is 0 Å². The smallest absolute Gasteiger partial charge is 0.297 e. The second-order valence-corrected chi connectivity index (χ2v) is 5.96. The lowest BCUT2D eigenvalue weighted by molar-refractivity contribution is 0.221. The summed E-state index contributed by atoms with van der Waals surface area (Å²) in [6.45, 7) is 2.49. The van der Waals surface area contributed by atoms with E-state index < -0.39 is 10.1 Å². The Morgan fingerprint density at radius 2 is 1.45 bits per heavy atom. The van der Waals surface area contributed by atoms with Gasteiger partial charge in [0.1, 0.15) is 24.7 Å². The van der Waals surface area contributed by atoms with Crippen LogP contribution >= 0.6 is 0 Å². The van der Waals surface area contributed by atoms with Crippen molar-refractivity contribution in [3.8, 4) is 11.5 Å². The highest BCUT2D eigenvalue weighted by Crippen LogP contribution is 2.17. The molecule has 22 heavy (non-hydrogen) atoms. The Labute approximate surface area is 130 Å². The van der Waals surface area contributed by atoms with E-state index in [0.29, 0.717) is 18.1 Å². The molecule has 0 heterocycles. The van der Waals surface area contributed by atoms with E-state index in [1.165, 1.54) is 12.1 Å². The van der Waals surface area contributed by atoms with Crippen molar-refractivity contribution in [2.45, 2.75) is 11.8 Å². The molecule has 0 fully saturated rings. The molecule has 118 valence electrons. The SMILES string of the molecule is CCOc1ccc(S(=O)(=O)OCCOc2ccccc2)cc1. The molecular formula is C16H18O5S. The first-order valence-electron chi connectivity index (χ1n) is 6.92. The predicted octanol–water partition coefficient (Wildman–Crippen LogP) is 2.87. The maximum atomic E-state index is 12.0. The summed E-state index contributed by atoms with van der Waals surface area (Å²) in [6.07, 6.45) is 0. The van der Waals surface area contributed by atoms with Gasteiger partial charge in [0.25, 0.3) is 10.1 Å². The van der Waals surface area contributed by atoms with E-state index in [1.807, 2.05) is 25.1 Å². The molecule has 0 aliphatic rings. The summed E-state index contributed by atoms with van der Waals surface area (Å²) < 4.78 is 39.6. The van der Waals surface area contributed by atoms with Gasteiger partial charge in [-0.3, -0.25) is 4.18 Å². The summed E-state index contributed by atoms with van der Waals surface area (Å²) in [5.74, 6) is 1.29. The van der Waals surface area contributed by atoms with Crippen molar-refractivity contribution in [3.05, 3.63) is 54.6 Å². The average Bonchev–Trinajstić information content (AvgIpc) is 2.53. The van der Waals surface area contributed by atoms with Crippen molar-refractivity contribution in [1.82, 2.24) is 0 Å². The summed E-state index contributed by atoms with van der Waals surface area (Å²) in [7, 11) is -3.78. The van der Waals surface area contributed by atoms with E-state index in [0.717, 1.165) is 0 Å². The van der Waals surface area contributed by atoms with Crippen molar-refractivity contribution >= 4 is 10.1 Å². The first-order valence-corrected chi connectivity index (χ1v) is 8.33. The van der Waals surface area contributed by atoms with Crippen molar-refractivity contribution in [2.75, 3.05) is 19.8 Å². The van der Waals surface area contributed by atoms with Gasteiger partial charge in [0.05, 0.1) is 11.5 Å². The molecule has 2 rings (SSSR count). The molecule has 0 aliphatic carbocycles. The molecule has 0 aromatic heterocycles. The van der Waals surface area contributed by atoms with Gasteiger partial charge >= 0.3 is 0 Å². The molecule has 0 aliphatic heterocycles. The monoisotopic (exact) mass is 322 g/mol. The van der Waals surface area contributed by atoms with Crippen LogP contribution in [0.2, 0.25) is 0 Å². The Morgan fingerprint density at radius 1 is 0.818 bits per heavy atom. The molecule has 0 saturated carbocycles. The fraction of sp³-hybridized carbons (Fsp3) is 0.250. The standard InChI is InChI=1S/C16H18O5S/c1-2-19-15-8-10-16(11-9-15)22(17,18)21-13-12-20-14-6-4-3-5-7-14/h3-11H,2,12-13H2,1H3. The molecule has 2 aromatic rings. The van der Waals surface area contributed by atoms with Gasteiger partial charge in [-0.1, -0.05) is 18.2 Å². The summed E-state index contributed by atoms with van der Waals surface area (Å²) in [5, 5.41) is 0. The van der Waals surface area contributed by atoms with Crippen LogP contribution in [0.1, 0.15) is 6.92 Å². The first kappa shape index (κ1) is 16.3. The number of ether oxygens (including phenoxy) is 2. The normalized spacial score (nSPS) is 11.1. The highest BCUT2D eigenvalue weighted by atomic mass is 32.2. The maximum Gasteiger partial charge on any atom is 0.297 e. The lowest BCUT2D eigenvalue weighted by Crippen LogP contribution is -2.13. The van der Waals surface area contributed by atoms with E-state index >= 15 is 0 Å². The third-order valence-corrected chi connectivity index (χ3v) is 4.08. The van der Waals surface area contributed by atoms with Crippen molar-refractivity contribution in [2.24, 2.45) is 0 Å². The lowest BCUT2D eigenvalue weighted by Gasteiger charge is -2.08. The minimum absolute atomic E-state index is 0.0512. The molecule has 0 unspecified atom stereocenters. The van der Waals surface area contributed by atoms with Gasteiger partial charge < -0.3 is 9.47 Å². The van der Waals surface area contributed by atoms with Crippen LogP contribution in [-0.2, 0) is 14.3 Å². The van der Waals surface area contributed by atoms with Gasteiger partial charge in [-0.2, -0.15) is 8.42 Å². The molecule has 0 amide bonds. The topological polar surface area (TPSA) is 61.8 Å². The molecule has 0 N–H and O–H groups in total. The highest BCUT2D eigenvalue weighted by Gasteiger charge is 2.15. The zero-order valence-electron chi connectivity index (χ0n) is 12.3. The number of hydrogen-bond acceptors (Lipinski definition) is 5. The third-order valence-electron chi connectivity index (χ3n) is 2.76. The van der Waals surface area contributed by atoms with Crippen LogP contribution in [0.5, 0.6) is 11.5 Å². The molecule has 0 spiro atoms. The van der Waals surface area contributed by atoms with Crippen LogP contribution in [-0.4, -0.2) is 28.2 Å². The highest BCUT2D eigenvalue weighted by molar-refractivity contribution is 7.86. The van der Waals surface area contributed by atoms with Gasteiger partial charge in [-0.05, 0) is 43.3 Å². The Kier molecular flexibility index (Phi) is 5.80. The summed E-state index contributed by atoms with van der Waals surface area (Å²) in [6, 6.07) is 15.2. The zero-order valence-corrected chi connectivity index (χ0v) is 13.1. The van der Waals surface area contributed by atoms with Crippen LogP contribution in [0.15, 0.2) is 59.5 Å². The maximum absolute atomic E-state index is 12.0. The zero-order chi connectivity index (χ0) is 15.8. The van der Waals surface area contributed by atoms with E-state index in [1.54, 1.807) is 24.3 Å². The largest absolute Gasteiger partial charge is 0.494 e. The quantitative estimate of drug-likeness (QED) is 0.552. The minimum atomic E-state index is -3.78. The van der Waals surface area contributed by atoms with Crippen molar-refractivity contribution in [1.29, 1.82) is 0 Å². The fourth-order valence-electron chi connectivity index (χ4n) is 1.76.